The molecule has 1 unspecified atom stereocenters. The molecule has 0 aromatic carbocycles. The summed E-state index contributed by atoms with van der Waals surface area (Å²) in [5.74, 6) is 0.780. The summed E-state index contributed by atoms with van der Waals surface area (Å²) in [6.45, 7) is 5.73. The third-order valence-electron chi connectivity index (χ3n) is 3.00. The van der Waals surface area contributed by atoms with E-state index in [0.29, 0.717) is 5.25 Å². The molecule has 1 aliphatic heterocycles. The van der Waals surface area contributed by atoms with Gasteiger partial charge in [-0.1, -0.05) is 11.6 Å². The van der Waals surface area contributed by atoms with E-state index in [1.165, 1.54) is 10.5 Å². The number of ether oxygens (including phenoxy) is 1. The highest BCUT2D eigenvalue weighted by atomic mass is 35.5. The van der Waals surface area contributed by atoms with E-state index in [1.54, 1.807) is 23.1 Å². The van der Waals surface area contributed by atoms with Crippen molar-refractivity contribution in [2.45, 2.75) is 19.1 Å². The summed E-state index contributed by atoms with van der Waals surface area (Å²) in [6, 6.07) is 3.96. The largest absolute Gasteiger partial charge is 0.476 e. The molecule has 1 aromatic rings. The number of rotatable bonds is 3. The third-order valence-corrected chi connectivity index (χ3v) is 5.31. The zero-order valence-corrected chi connectivity index (χ0v) is 13.1. The Morgan fingerprint density at radius 1 is 1.44 bits per heavy atom. The summed E-state index contributed by atoms with van der Waals surface area (Å²) < 4.78 is 6.55. The van der Waals surface area contributed by atoms with Gasteiger partial charge in [0, 0.05) is 10.5 Å². The van der Waals surface area contributed by atoms with Crippen molar-refractivity contribution in [2.75, 3.05) is 19.4 Å². The van der Waals surface area contributed by atoms with Gasteiger partial charge in [-0.2, -0.15) is 11.8 Å². The van der Waals surface area contributed by atoms with Crippen LogP contribution in [0.3, 0.4) is 0 Å². The second-order valence-electron chi connectivity index (χ2n) is 4.17. The predicted molar refractivity (Wildman–Crippen MR) is 83.2 cm³/mol. The van der Waals surface area contributed by atoms with E-state index in [4.69, 9.17) is 16.3 Å². The second kappa shape index (κ2) is 6.13. The van der Waals surface area contributed by atoms with Gasteiger partial charge in [0.25, 0.3) is 0 Å². The van der Waals surface area contributed by atoms with Crippen LogP contribution in [0.5, 0.6) is 0 Å². The molecule has 0 aliphatic carbocycles. The van der Waals surface area contributed by atoms with Crippen LogP contribution >= 0.6 is 34.7 Å². The van der Waals surface area contributed by atoms with E-state index in [0.717, 1.165) is 29.0 Å². The van der Waals surface area contributed by atoms with E-state index in [-0.39, 0.29) is 0 Å². The fourth-order valence-electron chi connectivity index (χ4n) is 1.69. The van der Waals surface area contributed by atoms with Gasteiger partial charge < -0.3 is 4.74 Å². The maximum atomic E-state index is 5.96. The third kappa shape index (κ3) is 3.11. The average Bonchev–Trinajstić information content (AvgIpc) is 2.84. The quantitative estimate of drug-likeness (QED) is 0.827. The summed E-state index contributed by atoms with van der Waals surface area (Å²) in [5.41, 5.74) is 2.29. The van der Waals surface area contributed by atoms with E-state index in [1.807, 2.05) is 12.1 Å². The summed E-state index contributed by atoms with van der Waals surface area (Å²) in [7, 11) is 0. The van der Waals surface area contributed by atoms with E-state index >= 15 is 0 Å². The van der Waals surface area contributed by atoms with Crippen LogP contribution in [0, 0.1) is 0 Å². The minimum Gasteiger partial charge on any atom is -0.476 e. The molecule has 0 saturated carbocycles. The van der Waals surface area contributed by atoms with Gasteiger partial charge in [0.2, 0.25) is 5.90 Å². The minimum atomic E-state index is 0.484. The summed E-state index contributed by atoms with van der Waals surface area (Å²) in [5, 5.41) is 0.484. The van der Waals surface area contributed by atoms with Crippen molar-refractivity contribution in [3.8, 4) is 0 Å². The van der Waals surface area contributed by atoms with Crippen molar-refractivity contribution in [1.82, 2.24) is 0 Å². The first-order chi connectivity index (χ1) is 8.61. The molecule has 0 fully saturated rings. The van der Waals surface area contributed by atoms with Crippen LogP contribution in [-0.2, 0) is 4.74 Å². The lowest BCUT2D eigenvalue weighted by Crippen LogP contribution is -2.25. The van der Waals surface area contributed by atoms with Gasteiger partial charge in [0.1, 0.15) is 6.61 Å². The van der Waals surface area contributed by atoms with Crippen molar-refractivity contribution in [3.63, 3.8) is 0 Å². The maximum absolute atomic E-state index is 5.96. The Bertz CT molecular complexity index is 493. The molecular formula is C13H16ClNOS2. The molecule has 18 heavy (non-hydrogen) atoms. The van der Waals surface area contributed by atoms with Gasteiger partial charge in [-0.15, -0.1) is 11.3 Å². The Labute approximate surface area is 121 Å². The van der Waals surface area contributed by atoms with Gasteiger partial charge in [-0.25, -0.2) is 0 Å². The predicted octanol–water partition coefficient (Wildman–Crippen LogP) is 4.36. The number of aliphatic imine (C=N–C) groups is 1. The topological polar surface area (TPSA) is 21.6 Å². The van der Waals surface area contributed by atoms with Crippen molar-refractivity contribution >= 4 is 46.2 Å². The van der Waals surface area contributed by atoms with Crippen LogP contribution < -0.4 is 0 Å². The van der Waals surface area contributed by atoms with Crippen molar-refractivity contribution < 1.29 is 4.74 Å². The van der Waals surface area contributed by atoms with Crippen molar-refractivity contribution in [3.05, 3.63) is 26.9 Å². The lowest BCUT2D eigenvalue weighted by Gasteiger charge is -2.21. The van der Waals surface area contributed by atoms with Crippen LogP contribution in [0.4, 0.5) is 0 Å². The van der Waals surface area contributed by atoms with Crippen LogP contribution in [0.1, 0.15) is 18.7 Å². The number of thiophene rings is 1. The Hall–Kier alpha value is -0.450. The summed E-state index contributed by atoms with van der Waals surface area (Å²) >= 11 is 9.35. The molecule has 5 heteroatoms. The lowest BCUT2D eigenvalue weighted by atomic mass is 10.1. The molecule has 0 radical (unpaired) electrons. The zero-order chi connectivity index (χ0) is 13.1. The molecule has 0 bridgehead atoms. The summed E-state index contributed by atoms with van der Waals surface area (Å²) in [4.78, 5) is 5.70. The number of nitrogens with zero attached hydrogens (tertiary/aromatic N) is 1. The normalized spacial score (nSPS) is 21.1. The maximum Gasteiger partial charge on any atom is 0.211 e. The van der Waals surface area contributed by atoms with E-state index in [9.17, 15) is 0 Å². The summed E-state index contributed by atoms with van der Waals surface area (Å²) in [6.07, 6.45) is 2.09. The fourth-order valence-corrected chi connectivity index (χ4v) is 3.21. The van der Waals surface area contributed by atoms with E-state index < -0.39 is 0 Å². The molecule has 1 atom stereocenters. The van der Waals surface area contributed by atoms with Crippen LogP contribution in [0.15, 0.2) is 22.7 Å². The first-order valence-corrected chi connectivity index (χ1v) is 8.23. The van der Waals surface area contributed by atoms with Crippen LogP contribution in [-0.4, -0.2) is 30.6 Å². The first kappa shape index (κ1) is 14.0. The highest BCUT2D eigenvalue weighted by Gasteiger charge is 2.18. The van der Waals surface area contributed by atoms with Gasteiger partial charge in [-0.3, -0.25) is 4.99 Å². The molecule has 98 valence electrons. The van der Waals surface area contributed by atoms with Gasteiger partial charge in [0.05, 0.1) is 16.1 Å². The molecule has 2 heterocycles. The molecule has 0 amide bonds. The van der Waals surface area contributed by atoms with Gasteiger partial charge in [0.15, 0.2) is 0 Å². The van der Waals surface area contributed by atoms with Crippen LogP contribution in [0.25, 0.3) is 5.57 Å². The zero-order valence-electron chi connectivity index (χ0n) is 10.7. The molecule has 2 nitrogen and oxygen atoms in total. The first-order valence-electron chi connectivity index (χ1n) is 5.75. The van der Waals surface area contributed by atoms with Crippen LogP contribution in [0.2, 0.25) is 4.34 Å². The number of thioether (sulfide) groups is 1. The standard InChI is InChI=1S/C13H16ClNOS2/c1-8(11-4-5-12(14)18-11)9(2)13-15-6-10(17-3)7-16-13/h4-5,10H,6-7H2,1-3H3/b9-8+. The Kier molecular flexibility index (Phi) is 4.76. The van der Waals surface area contributed by atoms with Gasteiger partial charge >= 0.3 is 0 Å². The molecule has 2 rings (SSSR count). The SMILES string of the molecule is CSC1CN=C(/C(C)=C(\C)c2ccc(Cl)s2)OC1. The highest BCUT2D eigenvalue weighted by Crippen LogP contribution is 2.30. The molecule has 1 aromatic heterocycles. The molecular weight excluding hydrogens is 286 g/mol. The van der Waals surface area contributed by atoms with Gasteiger partial charge in [-0.05, 0) is 37.8 Å². The van der Waals surface area contributed by atoms with Crippen molar-refractivity contribution in [2.24, 2.45) is 4.99 Å². The Balaban J connectivity index is 2.20. The second-order valence-corrected chi connectivity index (χ2v) is 7.02. The number of hydrogen-bond donors (Lipinski definition) is 0. The molecule has 0 saturated heterocycles. The molecule has 0 N–H and O–H groups in total. The molecule has 0 spiro atoms. The Morgan fingerprint density at radius 3 is 2.72 bits per heavy atom. The Morgan fingerprint density at radius 2 is 2.22 bits per heavy atom. The van der Waals surface area contributed by atoms with Crippen molar-refractivity contribution in [1.29, 1.82) is 0 Å². The fraction of sp³-hybridized carbons (Fsp3) is 0.462. The molecule has 1 aliphatic rings. The minimum absolute atomic E-state index is 0.484. The number of hydrogen-bond acceptors (Lipinski definition) is 4. The number of allylic oxidation sites excluding steroid dienone is 1. The monoisotopic (exact) mass is 301 g/mol. The highest BCUT2D eigenvalue weighted by molar-refractivity contribution is 7.99. The lowest BCUT2D eigenvalue weighted by molar-refractivity contribution is 0.289. The number of halogens is 1. The smallest absolute Gasteiger partial charge is 0.211 e. The van der Waals surface area contributed by atoms with E-state index in [2.05, 4.69) is 25.1 Å². The average molecular weight is 302 g/mol.